The van der Waals surface area contributed by atoms with Crippen molar-refractivity contribution < 1.29 is 13.9 Å². The lowest BCUT2D eigenvalue weighted by atomic mass is 10.2. The van der Waals surface area contributed by atoms with Crippen LogP contribution in [0.25, 0.3) is 0 Å². The monoisotopic (exact) mass is 699 g/mol. The second-order valence-corrected chi connectivity index (χ2v) is 9.59. The number of anilines is 4. The zero-order valence-corrected chi connectivity index (χ0v) is 22.7. The maximum Gasteiger partial charge on any atom is 0.250 e. The molecule has 2 N–H and O–H groups in total. The summed E-state index contributed by atoms with van der Waals surface area (Å²) in [6.45, 7) is 2.62. The van der Waals surface area contributed by atoms with E-state index in [1.54, 1.807) is 18.3 Å². The Morgan fingerprint density at radius 3 is 2.63 bits per heavy atom. The third kappa shape index (κ3) is 7.12. The maximum atomic E-state index is 13.3. The molecule has 1 saturated heterocycles. The van der Waals surface area contributed by atoms with Gasteiger partial charge < -0.3 is 19.7 Å². The third-order valence-electron chi connectivity index (χ3n) is 4.72. The topological polar surface area (TPSA) is 96.8 Å². The number of hydrazone groups is 1. The summed E-state index contributed by atoms with van der Waals surface area (Å²) in [7, 11) is 0. The highest BCUT2D eigenvalue weighted by atomic mass is 127. The number of hydrogen-bond acceptors (Lipinski definition) is 9. The molecular weight excluding hydrogens is 679 g/mol. The van der Waals surface area contributed by atoms with Crippen LogP contribution in [0.2, 0.25) is 0 Å². The van der Waals surface area contributed by atoms with Crippen molar-refractivity contribution in [3.8, 4) is 18.1 Å². The molecule has 0 spiro atoms. The molecule has 1 aliphatic rings. The number of benzene rings is 2. The van der Waals surface area contributed by atoms with E-state index < -0.39 is 0 Å². The number of nitrogens with one attached hydrogen (secondary N) is 2. The van der Waals surface area contributed by atoms with Crippen molar-refractivity contribution >= 4 is 74.9 Å². The summed E-state index contributed by atoms with van der Waals surface area (Å²) in [6.07, 6.45) is 6.98. The molecule has 0 atom stereocenters. The average Bonchev–Trinajstić information content (AvgIpc) is 2.85. The summed E-state index contributed by atoms with van der Waals surface area (Å²) < 4.78 is 26.4. The van der Waals surface area contributed by atoms with Gasteiger partial charge in [-0.1, -0.05) is 5.92 Å². The van der Waals surface area contributed by atoms with E-state index in [1.807, 2.05) is 17.0 Å². The second kappa shape index (κ2) is 12.3. The number of hydrogen-bond donors (Lipinski definition) is 2. The standard InChI is InChI=1S/C23H20FI2N7O2/c1-2-9-35-20-15(12-17(25)13-19(20)26)14-27-32-22-29-21(28-18-5-3-16(24)4-6-18)30-23(31-22)33-7-10-34-11-8-33/h1,3-6,12-14H,7-11H2,(H2,28,29,30,31,32)/b27-14+. The first-order chi connectivity index (χ1) is 17.0. The number of halogens is 3. The zero-order chi connectivity index (χ0) is 24.6. The SMILES string of the molecule is C#CCOc1c(I)cc(I)cc1/C=N/Nc1nc(Nc2ccc(F)cc2)nc(N2CCOCC2)n1. The number of morpholine rings is 1. The average molecular weight is 699 g/mol. The van der Waals surface area contributed by atoms with Crippen LogP contribution in [0.3, 0.4) is 0 Å². The van der Waals surface area contributed by atoms with Gasteiger partial charge in [0.25, 0.3) is 0 Å². The number of ether oxygens (including phenoxy) is 2. The quantitative estimate of drug-likeness (QED) is 0.156. The number of rotatable bonds is 8. The van der Waals surface area contributed by atoms with Crippen LogP contribution >= 0.6 is 45.2 Å². The van der Waals surface area contributed by atoms with Crippen molar-refractivity contribution in [2.45, 2.75) is 0 Å². The van der Waals surface area contributed by atoms with E-state index in [9.17, 15) is 4.39 Å². The highest BCUT2D eigenvalue weighted by Crippen LogP contribution is 2.27. The molecule has 12 heteroatoms. The Morgan fingerprint density at radius 1 is 1.14 bits per heavy atom. The first-order valence-corrected chi connectivity index (χ1v) is 12.6. The smallest absolute Gasteiger partial charge is 0.250 e. The molecule has 0 amide bonds. The Morgan fingerprint density at radius 2 is 1.89 bits per heavy atom. The first kappa shape index (κ1) is 25.3. The van der Waals surface area contributed by atoms with Gasteiger partial charge in [-0.15, -0.1) is 6.42 Å². The molecule has 0 saturated carbocycles. The molecule has 180 valence electrons. The Hall–Kier alpha value is -2.77. The fourth-order valence-electron chi connectivity index (χ4n) is 3.14. The highest BCUT2D eigenvalue weighted by Gasteiger charge is 2.17. The van der Waals surface area contributed by atoms with E-state index in [0.717, 1.165) is 12.7 Å². The van der Waals surface area contributed by atoms with E-state index in [-0.39, 0.29) is 18.4 Å². The highest BCUT2D eigenvalue weighted by molar-refractivity contribution is 14.1. The molecule has 1 fully saturated rings. The summed E-state index contributed by atoms with van der Waals surface area (Å²) in [5, 5.41) is 7.41. The van der Waals surface area contributed by atoms with Gasteiger partial charge in [0.05, 0.1) is 23.0 Å². The Balaban J connectivity index is 1.59. The van der Waals surface area contributed by atoms with E-state index in [0.29, 0.717) is 49.6 Å². The van der Waals surface area contributed by atoms with E-state index in [1.165, 1.54) is 12.1 Å². The Bertz CT molecular complexity index is 1250. The second-order valence-electron chi connectivity index (χ2n) is 7.18. The largest absolute Gasteiger partial charge is 0.479 e. The van der Waals surface area contributed by atoms with Gasteiger partial charge in [-0.3, -0.25) is 0 Å². The third-order valence-corrected chi connectivity index (χ3v) is 6.15. The van der Waals surface area contributed by atoms with Crippen molar-refractivity contribution in [2.24, 2.45) is 5.10 Å². The molecule has 9 nitrogen and oxygen atoms in total. The molecule has 2 aromatic carbocycles. The van der Waals surface area contributed by atoms with Crippen LogP contribution in [0.1, 0.15) is 5.56 Å². The normalized spacial score (nSPS) is 13.5. The van der Waals surface area contributed by atoms with Gasteiger partial charge in [0.1, 0.15) is 18.2 Å². The van der Waals surface area contributed by atoms with Gasteiger partial charge in [-0.2, -0.15) is 20.1 Å². The van der Waals surface area contributed by atoms with Crippen LogP contribution < -0.4 is 20.4 Å². The van der Waals surface area contributed by atoms with Crippen molar-refractivity contribution in [1.82, 2.24) is 15.0 Å². The predicted molar refractivity (Wildman–Crippen MR) is 150 cm³/mol. The van der Waals surface area contributed by atoms with Crippen molar-refractivity contribution in [3.63, 3.8) is 0 Å². The van der Waals surface area contributed by atoms with Gasteiger partial charge in [0.15, 0.2) is 0 Å². The van der Waals surface area contributed by atoms with Crippen molar-refractivity contribution in [1.29, 1.82) is 0 Å². The fraction of sp³-hybridized carbons (Fsp3) is 0.217. The molecule has 0 bridgehead atoms. The number of aromatic nitrogens is 3. The van der Waals surface area contributed by atoms with E-state index in [4.69, 9.17) is 15.9 Å². The van der Waals surface area contributed by atoms with Crippen LogP contribution in [-0.2, 0) is 4.74 Å². The lowest BCUT2D eigenvalue weighted by molar-refractivity contribution is 0.122. The van der Waals surface area contributed by atoms with Crippen molar-refractivity contribution in [3.05, 3.63) is 54.9 Å². The van der Waals surface area contributed by atoms with Gasteiger partial charge in [-0.05, 0) is 81.6 Å². The van der Waals surface area contributed by atoms with Gasteiger partial charge in [0, 0.05) is 27.9 Å². The summed E-state index contributed by atoms with van der Waals surface area (Å²) in [4.78, 5) is 15.5. The predicted octanol–water partition coefficient (Wildman–Crippen LogP) is 4.26. The summed E-state index contributed by atoms with van der Waals surface area (Å²) in [6, 6.07) is 9.86. The molecule has 0 aliphatic carbocycles. The summed E-state index contributed by atoms with van der Waals surface area (Å²) in [5.74, 6) is 3.82. The fourth-order valence-corrected chi connectivity index (χ4v) is 5.18. The minimum Gasteiger partial charge on any atom is -0.479 e. The van der Waals surface area contributed by atoms with Gasteiger partial charge >= 0.3 is 0 Å². The van der Waals surface area contributed by atoms with Gasteiger partial charge in [0.2, 0.25) is 17.8 Å². The van der Waals surface area contributed by atoms with Crippen LogP contribution in [0.15, 0.2) is 41.5 Å². The minimum atomic E-state index is -0.326. The first-order valence-electron chi connectivity index (χ1n) is 10.5. The molecule has 1 aromatic heterocycles. The molecule has 35 heavy (non-hydrogen) atoms. The molecule has 0 radical (unpaired) electrons. The molecule has 1 aliphatic heterocycles. The van der Waals surface area contributed by atoms with Crippen LogP contribution in [0.4, 0.5) is 27.9 Å². The summed E-state index contributed by atoms with van der Waals surface area (Å²) >= 11 is 4.43. The van der Waals surface area contributed by atoms with Crippen molar-refractivity contribution in [2.75, 3.05) is 48.6 Å². The van der Waals surface area contributed by atoms with Crippen LogP contribution in [-0.4, -0.2) is 54.1 Å². The molecule has 0 unspecified atom stereocenters. The lowest BCUT2D eigenvalue weighted by Crippen LogP contribution is -2.37. The van der Waals surface area contributed by atoms with Gasteiger partial charge in [-0.25, -0.2) is 9.82 Å². The van der Waals surface area contributed by atoms with E-state index in [2.05, 4.69) is 81.9 Å². The lowest BCUT2D eigenvalue weighted by Gasteiger charge is -2.27. The Kier molecular flexibility index (Phi) is 8.88. The number of terminal acetylenes is 1. The molecule has 2 heterocycles. The van der Waals surface area contributed by atoms with Crippen LogP contribution in [0, 0.1) is 25.3 Å². The van der Waals surface area contributed by atoms with E-state index >= 15 is 0 Å². The zero-order valence-electron chi connectivity index (χ0n) is 18.3. The van der Waals surface area contributed by atoms with Crippen LogP contribution in [0.5, 0.6) is 5.75 Å². The minimum absolute atomic E-state index is 0.152. The number of nitrogens with zero attached hydrogens (tertiary/aromatic N) is 5. The Labute approximate surface area is 229 Å². The molecule has 3 aromatic rings. The molecular formula is C23H20FI2N7O2. The maximum absolute atomic E-state index is 13.3. The summed E-state index contributed by atoms with van der Waals surface area (Å²) in [5.41, 5.74) is 4.28. The molecule has 4 rings (SSSR count).